The summed E-state index contributed by atoms with van der Waals surface area (Å²) in [5.41, 5.74) is 3.08. The molecular formula is C15H9ClFN3S. The predicted octanol–water partition coefficient (Wildman–Crippen LogP) is 4.41. The molecule has 0 saturated carbocycles. The standard InChI is InChI=1S/C15H9ClFN3S/c16-11-5-10(1-3-12(11)17)8-20-14-6-9(7-18)2-4-13(14)19-15(20)21/h1-6H,8H2,(H,19,21). The van der Waals surface area contributed by atoms with Gasteiger partial charge in [-0.2, -0.15) is 5.26 Å². The molecule has 0 atom stereocenters. The van der Waals surface area contributed by atoms with Crippen molar-refractivity contribution in [1.29, 1.82) is 5.26 Å². The number of hydrogen-bond acceptors (Lipinski definition) is 2. The first-order valence-corrected chi connectivity index (χ1v) is 6.93. The Morgan fingerprint density at radius 1 is 1.29 bits per heavy atom. The first-order valence-electron chi connectivity index (χ1n) is 6.15. The molecule has 0 fully saturated rings. The normalized spacial score (nSPS) is 10.7. The Labute approximate surface area is 130 Å². The van der Waals surface area contributed by atoms with Crippen molar-refractivity contribution < 1.29 is 4.39 Å². The van der Waals surface area contributed by atoms with E-state index in [1.54, 1.807) is 24.3 Å². The molecule has 104 valence electrons. The highest BCUT2D eigenvalue weighted by Gasteiger charge is 2.08. The lowest BCUT2D eigenvalue weighted by Gasteiger charge is -2.06. The first-order chi connectivity index (χ1) is 10.1. The molecule has 1 heterocycles. The molecule has 0 radical (unpaired) electrons. The second-order valence-electron chi connectivity index (χ2n) is 4.61. The smallest absolute Gasteiger partial charge is 0.178 e. The summed E-state index contributed by atoms with van der Waals surface area (Å²) in [5.74, 6) is -0.449. The number of hydrogen-bond donors (Lipinski definition) is 1. The van der Waals surface area contributed by atoms with Gasteiger partial charge >= 0.3 is 0 Å². The van der Waals surface area contributed by atoms with Gasteiger partial charge in [-0.15, -0.1) is 0 Å². The van der Waals surface area contributed by atoms with E-state index in [2.05, 4.69) is 11.1 Å². The summed E-state index contributed by atoms with van der Waals surface area (Å²) >= 11 is 11.1. The molecule has 0 saturated heterocycles. The highest BCUT2D eigenvalue weighted by atomic mass is 35.5. The molecule has 0 aliphatic carbocycles. The average Bonchev–Trinajstić information content (AvgIpc) is 2.78. The van der Waals surface area contributed by atoms with Crippen molar-refractivity contribution in [3.8, 4) is 6.07 Å². The van der Waals surface area contributed by atoms with Gasteiger partial charge < -0.3 is 9.55 Å². The van der Waals surface area contributed by atoms with Crippen LogP contribution in [0.1, 0.15) is 11.1 Å². The van der Waals surface area contributed by atoms with Crippen LogP contribution in [0, 0.1) is 21.9 Å². The van der Waals surface area contributed by atoms with Crippen molar-refractivity contribution in [2.24, 2.45) is 0 Å². The Bertz CT molecular complexity index is 936. The minimum atomic E-state index is -0.449. The summed E-state index contributed by atoms with van der Waals surface area (Å²) in [6.07, 6.45) is 0. The molecule has 3 rings (SSSR count). The Hall–Kier alpha value is -2.16. The second kappa shape index (κ2) is 5.32. The van der Waals surface area contributed by atoms with E-state index in [4.69, 9.17) is 29.1 Å². The van der Waals surface area contributed by atoms with Crippen LogP contribution in [0.15, 0.2) is 36.4 Å². The zero-order chi connectivity index (χ0) is 15.0. The van der Waals surface area contributed by atoms with Crippen LogP contribution in [0.2, 0.25) is 5.02 Å². The van der Waals surface area contributed by atoms with Crippen LogP contribution in [0.25, 0.3) is 11.0 Å². The Morgan fingerprint density at radius 3 is 2.81 bits per heavy atom. The van der Waals surface area contributed by atoms with Crippen molar-refractivity contribution >= 4 is 34.9 Å². The summed E-state index contributed by atoms with van der Waals surface area (Å²) < 4.78 is 15.6. The molecule has 0 spiro atoms. The van der Waals surface area contributed by atoms with Crippen LogP contribution in [0.3, 0.4) is 0 Å². The minimum absolute atomic E-state index is 0.0802. The van der Waals surface area contributed by atoms with E-state index >= 15 is 0 Å². The maximum Gasteiger partial charge on any atom is 0.178 e. The Kier molecular flexibility index (Phi) is 3.50. The highest BCUT2D eigenvalue weighted by molar-refractivity contribution is 7.71. The number of benzene rings is 2. The van der Waals surface area contributed by atoms with Gasteiger partial charge in [-0.1, -0.05) is 17.7 Å². The van der Waals surface area contributed by atoms with E-state index in [-0.39, 0.29) is 5.02 Å². The maximum absolute atomic E-state index is 13.2. The van der Waals surface area contributed by atoms with Crippen LogP contribution < -0.4 is 0 Å². The Morgan fingerprint density at radius 2 is 2.10 bits per heavy atom. The predicted molar refractivity (Wildman–Crippen MR) is 82.3 cm³/mol. The third-order valence-corrected chi connectivity index (χ3v) is 3.84. The monoisotopic (exact) mass is 317 g/mol. The third kappa shape index (κ3) is 2.56. The lowest BCUT2D eigenvalue weighted by Crippen LogP contribution is -2.00. The number of fused-ring (bicyclic) bond motifs is 1. The molecule has 1 aromatic heterocycles. The number of aromatic amines is 1. The molecule has 0 amide bonds. The van der Waals surface area contributed by atoms with Gasteiger partial charge in [0.1, 0.15) is 5.82 Å². The summed E-state index contributed by atoms with van der Waals surface area (Å²) in [5, 5.41) is 9.08. The van der Waals surface area contributed by atoms with Gasteiger partial charge in [-0.25, -0.2) is 4.39 Å². The van der Waals surface area contributed by atoms with Gasteiger partial charge in [-0.05, 0) is 48.1 Å². The molecule has 0 aliphatic heterocycles. The minimum Gasteiger partial charge on any atom is -0.331 e. The van der Waals surface area contributed by atoms with E-state index < -0.39 is 5.82 Å². The summed E-state index contributed by atoms with van der Waals surface area (Å²) in [4.78, 5) is 3.09. The van der Waals surface area contributed by atoms with E-state index in [0.717, 1.165) is 16.6 Å². The number of nitriles is 1. The highest BCUT2D eigenvalue weighted by Crippen LogP contribution is 2.20. The zero-order valence-corrected chi connectivity index (χ0v) is 12.3. The zero-order valence-electron chi connectivity index (χ0n) is 10.7. The number of imidazole rings is 1. The van der Waals surface area contributed by atoms with Crippen molar-refractivity contribution in [3.63, 3.8) is 0 Å². The first kappa shape index (κ1) is 13.8. The van der Waals surface area contributed by atoms with E-state index in [1.807, 2.05) is 10.6 Å². The Balaban J connectivity index is 2.11. The van der Waals surface area contributed by atoms with Gasteiger partial charge in [0, 0.05) is 0 Å². The fourth-order valence-corrected chi connectivity index (χ4v) is 2.68. The van der Waals surface area contributed by atoms with Crippen molar-refractivity contribution in [2.45, 2.75) is 6.54 Å². The molecule has 1 N–H and O–H groups in total. The number of halogens is 2. The van der Waals surface area contributed by atoms with E-state index in [9.17, 15) is 4.39 Å². The topological polar surface area (TPSA) is 44.5 Å². The molecule has 0 unspecified atom stereocenters. The molecule has 0 aliphatic rings. The van der Waals surface area contributed by atoms with Crippen LogP contribution >= 0.6 is 23.8 Å². The molecule has 21 heavy (non-hydrogen) atoms. The number of H-pyrrole nitrogens is 1. The molecule has 3 aromatic rings. The molecule has 0 bridgehead atoms. The summed E-state index contributed by atoms with van der Waals surface area (Å²) in [7, 11) is 0. The fourth-order valence-electron chi connectivity index (χ4n) is 2.20. The van der Waals surface area contributed by atoms with Crippen LogP contribution in [-0.4, -0.2) is 9.55 Å². The largest absolute Gasteiger partial charge is 0.331 e. The van der Waals surface area contributed by atoms with Crippen LogP contribution in [0.4, 0.5) is 4.39 Å². The van der Waals surface area contributed by atoms with E-state index in [1.165, 1.54) is 6.07 Å². The summed E-state index contributed by atoms with van der Waals surface area (Å²) in [6, 6.07) is 12.0. The number of nitrogens with one attached hydrogen (secondary N) is 1. The third-order valence-electron chi connectivity index (χ3n) is 3.23. The van der Waals surface area contributed by atoms with Gasteiger partial charge in [0.05, 0.1) is 34.2 Å². The molecule has 2 aromatic carbocycles. The molecule has 6 heteroatoms. The number of aromatic nitrogens is 2. The number of rotatable bonds is 2. The lowest BCUT2D eigenvalue weighted by atomic mass is 10.2. The maximum atomic E-state index is 13.2. The fraction of sp³-hybridized carbons (Fsp3) is 0.0667. The quantitative estimate of drug-likeness (QED) is 0.711. The number of nitrogens with zero attached hydrogens (tertiary/aromatic N) is 2. The molecule has 3 nitrogen and oxygen atoms in total. The summed E-state index contributed by atoms with van der Waals surface area (Å²) in [6.45, 7) is 0.452. The van der Waals surface area contributed by atoms with Gasteiger partial charge in [0.25, 0.3) is 0 Å². The van der Waals surface area contributed by atoms with Crippen molar-refractivity contribution in [2.75, 3.05) is 0 Å². The lowest BCUT2D eigenvalue weighted by molar-refractivity contribution is 0.627. The van der Waals surface area contributed by atoms with Gasteiger partial charge in [0.2, 0.25) is 0 Å². The van der Waals surface area contributed by atoms with Crippen molar-refractivity contribution in [3.05, 3.63) is 63.1 Å². The second-order valence-corrected chi connectivity index (χ2v) is 5.40. The van der Waals surface area contributed by atoms with Gasteiger partial charge in [-0.3, -0.25) is 0 Å². The molecular weight excluding hydrogens is 309 g/mol. The van der Waals surface area contributed by atoms with Crippen LogP contribution in [0.5, 0.6) is 0 Å². The average molecular weight is 318 g/mol. The van der Waals surface area contributed by atoms with Crippen LogP contribution in [-0.2, 0) is 6.54 Å². The van der Waals surface area contributed by atoms with Crippen molar-refractivity contribution in [1.82, 2.24) is 9.55 Å². The van der Waals surface area contributed by atoms with E-state index in [0.29, 0.717) is 16.9 Å². The van der Waals surface area contributed by atoms with Gasteiger partial charge in [0.15, 0.2) is 4.77 Å². The SMILES string of the molecule is N#Cc1ccc2[nH]c(=S)n(Cc3ccc(F)c(Cl)c3)c2c1.